The molecule has 4 nitrogen and oxygen atoms in total. The van der Waals surface area contributed by atoms with E-state index in [0.717, 1.165) is 42.9 Å². The number of nitrogens with one attached hydrogen (secondary N) is 1. The maximum atomic E-state index is 5.52. The predicted molar refractivity (Wildman–Crippen MR) is 75.3 cm³/mol. The molecule has 0 radical (unpaired) electrons. The van der Waals surface area contributed by atoms with Crippen molar-refractivity contribution in [2.24, 2.45) is 0 Å². The van der Waals surface area contributed by atoms with Crippen LogP contribution in [0.25, 0.3) is 11.6 Å². The average Bonchev–Trinajstić information content (AvgIpc) is 3.03. The van der Waals surface area contributed by atoms with E-state index in [1.54, 1.807) is 6.26 Å². The molecule has 2 aromatic rings. The van der Waals surface area contributed by atoms with Crippen molar-refractivity contribution in [3.8, 4) is 11.6 Å². The summed E-state index contributed by atoms with van der Waals surface area (Å²) in [4.78, 5) is 9.35. The molecule has 100 valence electrons. The van der Waals surface area contributed by atoms with Gasteiger partial charge in [0.25, 0.3) is 0 Å². The number of rotatable bonds is 4. The van der Waals surface area contributed by atoms with E-state index in [9.17, 15) is 0 Å². The summed E-state index contributed by atoms with van der Waals surface area (Å²) in [5, 5.41) is 3.42. The Kier molecular flexibility index (Phi) is 3.23. The quantitative estimate of drug-likeness (QED) is 0.912. The molecule has 19 heavy (non-hydrogen) atoms. The molecule has 0 spiro atoms. The highest BCUT2D eigenvalue weighted by molar-refractivity contribution is 5.59. The second-order valence-corrected chi connectivity index (χ2v) is 5.03. The molecule has 4 heteroatoms. The van der Waals surface area contributed by atoms with Crippen LogP contribution in [-0.4, -0.2) is 16.5 Å². The SMILES string of the molecule is CCCNc1nc(-c2occc2C)nc2c1CCC2. The Balaban J connectivity index is 2.05. The number of nitrogens with zero attached hydrogens (tertiary/aromatic N) is 2. The van der Waals surface area contributed by atoms with Crippen molar-refractivity contribution in [2.45, 2.75) is 39.5 Å². The molecule has 0 saturated heterocycles. The zero-order chi connectivity index (χ0) is 13.2. The summed E-state index contributed by atoms with van der Waals surface area (Å²) in [6, 6.07) is 1.95. The minimum Gasteiger partial charge on any atom is -0.461 e. The molecule has 0 aliphatic heterocycles. The minimum absolute atomic E-state index is 0.710. The van der Waals surface area contributed by atoms with Gasteiger partial charge in [0.05, 0.1) is 6.26 Å². The maximum absolute atomic E-state index is 5.52. The monoisotopic (exact) mass is 257 g/mol. The van der Waals surface area contributed by atoms with Crippen LogP contribution in [0.1, 0.15) is 36.6 Å². The standard InChI is InChI=1S/C15H19N3O/c1-3-8-16-14-11-5-4-6-12(11)17-15(18-14)13-10(2)7-9-19-13/h7,9H,3-6,8H2,1-2H3,(H,16,17,18). The Morgan fingerprint density at radius 3 is 2.95 bits per heavy atom. The summed E-state index contributed by atoms with van der Waals surface area (Å²) < 4.78 is 5.52. The van der Waals surface area contributed by atoms with Gasteiger partial charge in [-0.2, -0.15) is 0 Å². The first-order chi connectivity index (χ1) is 9.29. The van der Waals surface area contributed by atoms with Gasteiger partial charge in [-0.05, 0) is 44.2 Å². The Morgan fingerprint density at radius 1 is 1.32 bits per heavy atom. The first-order valence-corrected chi connectivity index (χ1v) is 6.97. The van der Waals surface area contributed by atoms with E-state index in [0.29, 0.717) is 5.82 Å². The van der Waals surface area contributed by atoms with Crippen LogP contribution >= 0.6 is 0 Å². The van der Waals surface area contributed by atoms with Crippen molar-refractivity contribution in [3.63, 3.8) is 0 Å². The van der Waals surface area contributed by atoms with Gasteiger partial charge in [0.15, 0.2) is 11.6 Å². The maximum Gasteiger partial charge on any atom is 0.198 e. The molecule has 0 bridgehead atoms. The topological polar surface area (TPSA) is 51.0 Å². The van der Waals surface area contributed by atoms with Gasteiger partial charge in [-0.25, -0.2) is 9.97 Å². The van der Waals surface area contributed by atoms with Crippen molar-refractivity contribution in [3.05, 3.63) is 29.2 Å². The third-order valence-corrected chi connectivity index (χ3v) is 3.54. The molecule has 0 amide bonds. The lowest BCUT2D eigenvalue weighted by Gasteiger charge is -2.11. The van der Waals surface area contributed by atoms with Crippen molar-refractivity contribution in [1.29, 1.82) is 0 Å². The van der Waals surface area contributed by atoms with Crippen molar-refractivity contribution >= 4 is 5.82 Å². The highest BCUT2D eigenvalue weighted by atomic mass is 16.3. The van der Waals surface area contributed by atoms with E-state index in [2.05, 4.69) is 22.2 Å². The molecule has 0 atom stereocenters. The summed E-state index contributed by atoms with van der Waals surface area (Å²) in [5.41, 5.74) is 3.56. The number of hydrogen-bond donors (Lipinski definition) is 1. The summed E-state index contributed by atoms with van der Waals surface area (Å²) in [6.45, 7) is 5.13. The first-order valence-electron chi connectivity index (χ1n) is 6.97. The summed E-state index contributed by atoms with van der Waals surface area (Å²) >= 11 is 0. The van der Waals surface area contributed by atoms with Crippen LogP contribution in [0.2, 0.25) is 0 Å². The van der Waals surface area contributed by atoms with Gasteiger partial charge in [-0.3, -0.25) is 0 Å². The minimum atomic E-state index is 0.710. The van der Waals surface area contributed by atoms with Gasteiger partial charge < -0.3 is 9.73 Å². The Bertz CT molecular complexity index is 589. The number of aryl methyl sites for hydroxylation is 2. The molecular formula is C15H19N3O. The van der Waals surface area contributed by atoms with Crippen LogP contribution in [-0.2, 0) is 12.8 Å². The molecule has 1 aliphatic carbocycles. The Morgan fingerprint density at radius 2 is 2.21 bits per heavy atom. The number of fused-ring (bicyclic) bond motifs is 1. The van der Waals surface area contributed by atoms with E-state index in [1.165, 1.54) is 17.7 Å². The fraction of sp³-hybridized carbons (Fsp3) is 0.467. The van der Waals surface area contributed by atoms with Crippen LogP contribution in [0.15, 0.2) is 16.7 Å². The normalized spacial score (nSPS) is 13.6. The lowest BCUT2D eigenvalue weighted by Crippen LogP contribution is -2.08. The molecule has 1 aliphatic rings. The highest BCUT2D eigenvalue weighted by Crippen LogP contribution is 2.30. The number of aromatic nitrogens is 2. The highest BCUT2D eigenvalue weighted by Gasteiger charge is 2.21. The number of furan rings is 1. The van der Waals surface area contributed by atoms with Crippen LogP contribution in [0.3, 0.4) is 0 Å². The second kappa shape index (κ2) is 5.03. The zero-order valence-corrected chi connectivity index (χ0v) is 11.5. The van der Waals surface area contributed by atoms with Crippen LogP contribution in [0.5, 0.6) is 0 Å². The lowest BCUT2D eigenvalue weighted by atomic mass is 10.2. The predicted octanol–water partition coefficient (Wildman–Crippen LogP) is 3.36. The van der Waals surface area contributed by atoms with E-state index in [1.807, 2.05) is 13.0 Å². The van der Waals surface area contributed by atoms with Gasteiger partial charge in [0.2, 0.25) is 0 Å². The van der Waals surface area contributed by atoms with E-state index >= 15 is 0 Å². The zero-order valence-electron chi connectivity index (χ0n) is 11.5. The Labute approximate surface area is 113 Å². The average molecular weight is 257 g/mol. The van der Waals surface area contributed by atoms with E-state index in [4.69, 9.17) is 4.42 Å². The van der Waals surface area contributed by atoms with Crippen LogP contribution in [0.4, 0.5) is 5.82 Å². The third-order valence-electron chi connectivity index (χ3n) is 3.54. The number of anilines is 1. The van der Waals surface area contributed by atoms with Crippen LogP contribution in [0, 0.1) is 6.92 Å². The molecule has 2 heterocycles. The van der Waals surface area contributed by atoms with E-state index in [-0.39, 0.29) is 0 Å². The summed E-state index contributed by atoms with van der Waals surface area (Å²) in [6.07, 6.45) is 6.09. The largest absolute Gasteiger partial charge is 0.461 e. The van der Waals surface area contributed by atoms with Gasteiger partial charge in [0, 0.05) is 17.8 Å². The molecule has 1 N–H and O–H groups in total. The first kappa shape index (κ1) is 12.2. The number of hydrogen-bond acceptors (Lipinski definition) is 4. The second-order valence-electron chi connectivity index (χ2n) is 5.03. The lowest BCUT2D eigenvalue weighted by molar-refractivity contribution is 0.575. The van der Waals surface area contributed by atoms with Crippen molar-refractivity contribution in [1.82, 2.24) is 9.97 Å². The van der Waals surface area contributed by atoms with Gasteiger partial charge in [-0.1, -0.05) is 6.92 Å². The van der Waals surface area contributed by atoms with Crippen molar-refractivity contribution < 1.29 is 4.42 Å². The van der Waals surface area contributed by atoms with Gasteiger partial charge >= 0.3 is 0 Å². The van der Waals surface area contributed by atoms with Gasteiger partial charge in [0.1, 0.15) is 5.82 Å². The molecule has 0 aromatic carbocycles. The molecule has 0 unspecified atom stereocenters. The molecule has 2 aromatic heterocycles. The fourth-order valence-corrected chi connectivity index (χ4v) is 2.53. The molecule has 3 rings (SSSR count). The third kappa shape index (κ3) is 2.23. The smallest absolute Gasteiger partial charge is 0.198 e. The van der Waals surface area contributed by atoms with Crippen LogP contribution < -0.4 is 5.32 Å². The fourth-order valence-electron chi connectivity index (χ4n) is 2.53. The molecular weight excluding hydrogens is 238 g/mol. The molecule has 0 fully saturated rings. The molecule has 0 saturated carbocycles. The van der Waals surface area contributed by atoms with E-state index < -0.39 is 0 Å². The summed E-state index contributed by atoms with van der Waals surface area (Å²) in [5.74, 6) is 2.49. The van der Waals surface area contributed by atoms with Gasteiger partial charge in [-0.15, -0.1) is 0 Å². The summed E-state index contributed by atoms with van der Waals surface area (Å²) in [7, 11) is 0. The van der Waals surface area contributed by atoms with Crippen molar-refractivity contribution in [2.75, 3.05) is 11.9 Å². The Hall–Kier alpha value is -1.84.